The Balaban J connectivity index is 2.21. The smallest absolute Gasteiger partial charge is 0.161 e. The molecule has 3 rings (SSSR count). The minimum Gasteiger partial charge on any atom is -0.493 e. The van der Waals surface area contributed by atoms with E-state index in [-0.39, 0.29) is 0 Å². The van der Waals surface area contributed by atoms with Crippen molar-refractivity contribution in [1.29, 1.82) is 0 Å². The molecule has 0 bridgehead atoms. The predicted molar refractivity (Wildman–Crippen MR) is 97.8 cm³/mol. The van der Waals surface area contributed by atoms with E-state index in [4.69, 9.17) is 14.2 Å². The average molecular weight is 322 g/mol. The van der Waals surface area contributed by atoms with Crippen LogP contribution in [-0.4, -0.2) is 14.2 Å². The summed E-state index contributed by atoms with van der Waals surface area (Å²) in [6.45, 7) is 4.14. The van der Waals surface area contributed by atoms with E-state index in [2.05, 4.69) is 25.1 Å². The van der Waals surface area contributed by atoms with Gasteiger partial charge in [-0.05, 0) is 48.3 Å². The summed E-state index contributed by atoms with van der Waals surface area (Å²) in [5.41, 5.74) is 4.46. The van der Waals surface area contributed by atoms with Crippen LogP contribution in [0.4, 0.5) is 0 Å². The van der Waals surface area contributed by atoms with Crippen LogP contribution in [0.3, 0.4) is 0 Å². The molecule has 1 aliphatic heterocycles. The lowest BCUT2D eigenvalue weighted by molar-refractivity contribution is 0.352. The fourth-order valence-electron chi connectivity index (χ4n) is 3.05. The molecule has 0 radical (unpaired) electrons. The molecule has 0 atom stereocenters. The summed E-state index contributed by atoms with van der Waals surface area (Å²) in [5, 5.41) is 0. The van der Waals surface area contributed by atoms with Gasteiger partial charge in [0.1, 0.15) is 11.5 Å². The minimum absolute atomic E-state index is 0.703. The molecule has 3 nitrogen and oxygen atoms in total. The number of fused-ring (bicyclic) bond motifs is 1. The van der Waals surface area contributed by atoms with E-state index in [1.807, 2.05) is 37.3 Å². The second-order valence-corrected chi connectivity index (χ2v) is 5.66. The molecule has 0 amide bonds. The summed E-state index contributed by atoms with van der Waals surface area (Å²) in [5.74, 6) is 3.19. The highest BCUT2D eigenvalue weighted by molar-refractivity contribution is 5.89. The molecular weight excluding hydrogens is 300 g/mol. The standard InChI is InChI=1S/C21H22O3/c1-5-16-14(2)24-19(11-15-9-7-6-8-10-15)18-13-21(23-4)20(22-3)12-17(16)18/h6-13H,5H2,1-4H3. The third kappa shape index (κ3) is 2.90. The highest BCUT2D eigenvalue weighted by atomic mass is 16.5. The summed E-state index contributed by atoms with van der Waals surface area (Å²) in [6, 6.07) is 14.2. The van der Waals surface area contributed by atoms with Gasteiger partial charge in [-0.25, -0.2) is 0 Å². The zero-order valence-electron chi connectivity index (χ0n) is 14.6. The number of ether oxygens (including phenoxy) is 3. The predicted octanol–water partition coefficient (Wildman–Crippen LogP) is 5.37. The maximum Gasteiger partial charge on any atom is 0.161 e. The average Bonchev–Trinajstić information content (AvgIpc) is 2.61. The quantitative estimate of drug-likeness (QED) is 0.757. The molecule has 0 spiro atoms. The minimum atomic E-state index is 0.703. The normalized spacial score (nSPS) is 15.1. The lowest BCUT2D eigenvalue weighted by Gasteiger charge is -2.25. The van der Waals surface area contributed by atoms with Crippen LogP contribution in [-0.2, 0) is 4.74 Å². The third-order valence-electron chi connectivity index (χ3n) is 4.25. The SMILES string of the molecule is CCC1=C(C)OC(=Cc2ccccc2)c2cc(OC)c(OC)cc21. The Labute approximate surface area is 143 Å². The van der Waals surface area contributed by atoms with Crippen molar-refractivity contribution >= 4 is 17.4 Å². The van der Waals surface area contributed by atoms with Crippen molar-refractivity contribution in [2.75, 3.05) is 14.2 Å². The zero-order valence-corrected chi connectivity index (χ0v) is 14.6. The number of hydrogen-bond acceptors (Lipinski definition) is 3. The van der Waals surface area contributed by atoms with Gasteiger partial charge in [-0.2, -0.15) is 0 Å². The van der Waals surface area contributed by atoms with Crippen molar-refractivity contribution in [2.24, 2.45) is 0 Å². The van der Waals surface area contributed by atoms with Gasteiger partial charge in [0.05, 0.1) is 14.2 Å². The second kappa shape index (κ2) is 6.83. The Morgan fingerprint density at radius 3 is 2.17 bits per heavy atom. The Hall–Kier alpha value is -2.68. The molecule has 0 aromatic heterocycles. The monoisotopic (exact) mass is 322 g/mol. The van der Waals surface area contributed by atoms with Crippen molar-refractivity contribution in [3.63, 3.8) is 0 Å². The Morgan fingerprint density at radius 2 is 1.58 bits per heavy atom. The molecule has 124 valence electrons. The largest absolute Gasteiger partial charge is 0.493 e. The fraction of sp³-hybridized carbons (Fsp3) is 0.238. The van der Waals surface area contributed by atoms with Crippen LogP contribution in [0.1, 0.15) is 37.0 Å². The van der Waals surface area contributed by atoms with Crippen LogP contribution in [0.5, 0.6) is 11.5 Å². The number of benzene rings is 2. The number of methoxy groups -OCH3 is 2. The molecule has 24 heavy (non-hydrogen) atoms. The van der Waals surface area contributed by atoms with E-state index in [0.717, 1.165) is 40.4 Å². The van der Waals surface area contributed by atoms with E-state index in [1.54, 1.807) is 14.2 Å². The van der Waals surface area contributed by atoms with Gasteiger partial charge < -0.3 is 14.2 Å². The first kappa shape index (κ1) is 16.2. The molecule has 0 saturated heterocycles. The first-order valence-corrected chi connectivity index (χ1v) is 8.09. The van der Waals surface area contributed by atoms with Gasteiger partial charge in [0.2, 0.25) is 0 Å². The van der Waals surface area contributed by atoms with Crippen molar-refractivity contribution in [3.8, 4) is 11.5 Å². The van der Waals surface area contributed by atoms with Crippen molar-refractivity contribution in [2.45, 2.75) is 20.3 Å². The molecule has 1 aliphatic rings. The van der Waals surface area contributed by atoms with Gasteiger partial charge in [-0.1, -0.05) is 37.3 Å². The van der Waals surface area contributed by atoms with Gasteiger partial charge in [0, 0.05) is 5.56 Å². The number of hydrogen-bond donors (Lipinski definition) is 0. The van der Waals surface area contributed by atoms with Gasteiger partial charge in [0.15, 0.2) is 11.5 Å². The topological polar surface area (TPSA) is 27.7 Å². The van der Waals surface area contributed by atoms with Crippen LogP contribution in [0.25, 0.3) is 17.4 Å². The summed E-state index contributed by atoms with van der Waals surface area (Å²) in [7, 11) is 3.31. The maximum atomic E-state index is 6.14. The molecule has 0 fully saturated rings. The molecule has 2 aromatic carbocycles. The lowest BCUT2D eigenvalue weighted by atomic mass is 9.92. The van der Waals surface area contributed by atoms with Gasteiger partial charge in [-0.15, -0.1) is 0 Å². The molecule has 1 heterocycles. The highest BCUT2D eigenvalue weighted by Gasteiger charge is 2.24. The van der Waals surface area contributed by atoms with E-state index in [9.17, 15) is 0 Å². The van der Waals surface area contributed by atoms with Crippen LogP contribution in [0.2, 0.25) is 0 Å². The number of allylic oxidation sites excluding steroid dienone is 2. The van der Waals surface area contributed by atoms with Gasteiger partial charge in [-0.3, -0.25) is 0 Å². The van der Waals surface area contributed by atoms with E-state index >= 15 is 0 Å². The molecular formula is C21H22O3. The number of rotatable bonds is 4. The van der Waals surface area contributed by atoms with E-state index in [0.29, 0.717) is 5.75 Å². The van der Waals surface area contributed by atoms with E-state index in [1.165, 1.54) is 5.57 Å². The Bertz CT molecular complexity index is 801. The maximum absolute atomic E-state index is 6.14. The van der Waals surface area contributed by atoms with Crippen molar-refractivity contribution in [1.82, 2.24) is 0 Å². The molecule has 0 N–H and O–H groups in total. The second-order valence-electron chi connectivity index (χ2n) is 5.66. The third-order valence-corrected chi connectivity index (χ3v) is 4.25. The van der Waals surface area contributed by atoms with Crippen molar-refractivity contribution < 1.29 is 14.2 Å². The molecule has 0 aliphatic carbocycles. The van der Waals surface area contributed by atoms with Gasteiger partial charge >= 0.3 is 0 Å². The van der Waals surface area contributed by atoms with Crippen LogP contribution < -0.4 is 9.47 Å². The highest BCUT2D eigenvalue weighted by Crippen LogP contribution is 2.43. The lowest BCUT2D eigenvalue weighted by Crippen LogP contribution is -2.07. The molecule has 0 saturated carbocycles. The van der Waals surface area contributed by atoms with Crippen LogP contribution >= 0.6 is 0 Å². The molecule has 3 heteroatoms. The van der Waals surface area contributed by atoms with Gasteiger partial charge in [0.25, 0.3) is 0 Å². The van der Waals surface area contributed by atoms with E-state index < -0.39 is 0 Å². The summed E-state index contributed by atoms with van der Waals surface area (Å²) >= 11 is 0. The first-order chi connectivity index (χ1) is 11.7. The Morgan fingerprint density at radius 1 is 0.958 bits per heavy atom. The van der Waals surface area contributed by atoms with Crippen LogP contribution in [0.15, 0.2) is 48.2 Å². The molecule has 0 unspecified atom stereocenters. The van der Waals surface area contributed by atoms with Crippen LogP contribution in [0, 0.1) is 0 Å². The summed E-state index contributed by atoms with van der Waals surface area (Å²) in [4.78, 5) is 0. The summed E-state index contributed by atoms with van der Waals surface area (Å²) in [6.07, 6.45) is 2.95. The first-order valence-electron chi connectivity index (χ1n) is 8.09. The zero-order chi connectivity index (χ0) is 17.1. The summed E-state index contributed by atoms with van der Waals surface area (Å²) < 4.78 is 17.1. The fourth-order valence-corrected chi connectivity index (χ4v) is 3.05. The van der Waals surface area contributed by atoms with Crippen molar-refractivity contribution in [3.05, 3.63) is 64.9 Å². The Kier molecular flexibility index (Phi) is 4.61. The molecule has 2 aromatic rings.